The van der Waals surface area contributed by atoms with Gasteiger partial charge in [-0.2, -0.15) is 4.99 Å². The van der Waals surface area contributed by atoms with Crippen molar-refractivity contribution in [1.82, 2.24) is 10.0 Å². The van der Waals surface area contributed by atoms with Crippen LogP contribution < -0.4 is 0 Å². The third kappa shape index (κ3) is 17.4. The van der Waals surface area contributed by atoms with Crippen LogP contribution in [0.3, 0.4) is 0 Å². The fraction of sp³-hybridized carbons (Fsp3) is 0.786. The predicted octanol–water partition coefficient (Wildman–Crippen LogP) is 7.77. The number of carbonyl (C=O) groups is 1. The van der Waals surface area contributed by atoms with Crippen molar-refractivity contribution in [1.29, 1.82) is 0 Å². The van der Waals surface area contributed by atoms with E-state index in [4.69, 9.17) is 23.9 Å². The molecule has 2 aliphatic heterocycles. The summed E-state index contributed by atoms with van der Waals surface area (Å²) in [5.41, 5.74) is 1.48. The highest BCUT2D eigenvalue weighted by atomic mass is 16.6. The Bertz CT molecular complexity index is 1230. The van der Waals surface area contributed by atoms with Gasteiger partial charge in [-0.05, 0) is 53.2 Å². The van der Waals surface area contributed by atoms with Gasteiger partial charge in [0.1, 0.15) is 12.6 Å². The summed E-state index contributed by atoms with van der Waals surface area (Å²) >= 11 is 0. The van der Waals surface area contributed by atoms with Gasteiger partial charge in [-0.25, -0.2) is 15.0 Å². The number of ether oxygens (including phenoxy) is 4. The van der Waals surface area contributed by atoms with E-state index in [9.17, 15) is 15.0 Å². The molecule has 6 atom stereocenters. The number of carbonyl (C=O) groups excluding carboxylic acids is 1. The molecule has 2 heterocycles. The molecule has 0 aliphatic carbocycles. The first-order valence-electron chi connectivity index (χ1n) is 20.8. The van der Waals surface area contributed by atoms with Crippen LogP contribution in [0.15, 0.2) is 34.3 Å². The first-order chi connectivity index (χ1) is 25.6. The van der Waals surface area contributed by atoms with Crippen LogP contribution in [0.5, 0.6) is 0 Å². The standard InChI is InChI=1S/C42H72N4O7/c1-7-8-9-10-11-12-13-14-15-16-17-18-19-20-25-39(48)42-43-38-24-22-21-23-37(38)41-44-40(49)27-45(46(41)42)26-33(3)51-29-35(5)53-31-36(6)52-30-34(4)50-28-32(2)47/h21-24,32-36,39,47-48H,7-20,25-31H2,1-6H3. The van der Waals surface area contributed by atoms with E-state index >= 15 is 0 Å². The fourth-order valence-corrected chi connectivity index (χ4v) is 6.64. The first kappa shape index (κ1) is 45.1. The molecule has 0 saturated heterocycles. The lowest BCUT2D eigenvalue weighted by atomic mass is 10.0. The number of rotatable bonds is 30. The second-order valence-corrected chi connectivity index (χ2v) is 15.3. The Morgan fingerprint density at radius 3 is 1.70 bits per heavy atom. The number of hydrogen-bond donors (Lipinski definition) is 2. The van der Waals surface area contributed by atoms with E-state index in [0.717, 1.165) is 18.4 Å². The zero-order valence-electron chi connectivity index (χ0n) is 33.8. The van der Waals surface area contributed by atoms with Gasteiger partial charge in [0.25, 0.3) is 5.91 Å². The number of para-hydroxylation sites is 1. The maximum atomic E-state index is 12.9. The number of amidine groups is 2. The zero-order chi connectivity index (χ0) is 38.4. The summed E-state index contributed by atoms with van der Waals surface area (Å²) in [5.74, 6) is 0.774. The molecule has 0 fully saturated rings. The van der Waals surface area contributed by atoms with Crippen molar-refractivity contribution in [2.75, 3.05) is 39.5 Å². The highest BCUT2D eigenvalue weighted by Gasteiger charge is 2.39. The van der Waals surface area contributed by atoms with Gasteiger partial charge in [0.05, 0.1) is 62.6 Å². The molecule has 11 heteroatoms. The average molecular weight is 745 g/mol. The summed E-state index contributed by atoms with van der Waals surface area (Å²) in [5, 5.41) is 24.7. The number of amides is 1. The number of hydrogen-bond acceptors (Lipinski definition) is 10. The molecule has 3 rings (SSSR count). The van der Waals surface area contributed by atoms with Crippen LogP contribution in [0.2, 0.25) is 0 Å². The van der Waals surface area contributed by atoms with Crippen LogP contribution in [0.4, 0.5) is 5.69 Å². The molecule has 0 spiro atoms. The predicted molar refractivity (Wildman–Crippen MR) is 213 cm³/mol. The molecular formula is C42H72N4O7. The lowest BCUT2D eigenvalue weighted by Crippen LogP contribution is -2.60. The van der Waals surface area contributed by atoms with E-state index in [2.05, 4.69) is 11.9 Å². The largest absolute Gasteiger partial charge is 0.391 e. The van der Waals surface area contributed by atoms with E-state index in [-0.39, 0.29) is 43.5 Å². The number of aliphatic hydroxyl groups excluding tert-OH is 2. The van der Waals surface area contributed by atoms with Crippen molar-refractivity contribution in [3.05, 3.63) is 29.8 Å². The van der Waals surface area contributed by atoms with Crippen LogP contribution >= 0.6 is 0 Å². The molecule has 0 bridgehead atoms. The van der Waals surface area contributed by atoms with Crippen LogP contribution in [0.1, 0.15) is 143 Å². The molecule has 1 aromatic rings. The summed E-state index contributed by atoms with van der Waals surface area (Å²) < 4.78 is 23.6. The quantitative estimate of drug-likeness (QED) is 0.0761. The third-order valence-electron chi connectivity index (χ3n) is 9.69. The van der Waals surface area contributed by atoms with Crippen LogP contribution in [-0.4, -0.2) is 114 Å². The first-order valence-corrected chi connectivity index (χ1v) is 20.8. The van der Waals surface area contributed by atoms with Gasteiger partial charge in [-0.3, -0.25) is 4.79 Å². The van der Waals surface area contributed by atoms with Crippen molar-refractivity contribution in [2.45, 2.75) is 174 Å². The molecule has 0 aromatic heterocycles. The Morgan fingerprint density at radius 1 is 0.660 bits per heavy atom. The summed E-state index contributed by atoms with van der Waals surface area (Å²) in [6, 6.07) is 7.66. The van der Waals surface area contributed by atoms with Crippen LogP contribution in [-0.2, 0) is 23.7 Å². The molecule has 11 nitrogen and oxygen atoms in total. The molecule has 2 N–H and O–H groups in total. The maximum absolute atomic E-state index is 12.9. The van der Waals surface area contributed by atoms with E-state index in [0.29, 0.717) is 50.1 Å². The van der Waals surface area contributed by atoms with E-state index in [1.165, 1.54) is 77.0 Å². The maximum Gasteiger partial charge on any atom is 0.263 e. The minimum atomic E-state index is -0.789. The topological polar surface area (TPSA) is 126 Å². The Kier molecular flexibility index (Phi) is 21.9. The molecule has 1 amide bonds. The lowest BCUT2D eigenvalue weighted by Gasteiger charge is -2.43. The molecule has 1 aromatic carbocycles. The number of unbranched alkanes of at least 4 members (excludes halogenated alkanes) is 13. The van der Waals surface area contributed by atoms with Gasteiger partial charge in [-0.15, -0.1) is 0 Å². The third-order valence-corrected chi connectivity index (χ3v) is 9.69. The smallest absolute Gasteiger partial charge is 0.263 e. The number of fused-ring (bicyclic) bond motifs is 3. The lowest BCUT2D eigenvalue weighted by molar-refractivity contribution is -0.124. The van der Waals surface area contributed by atoms with E-state index in [1.54, 1.807) is 6.92 Å². The van der Waals surface area contributed by atoms with Gasteiger partial charge in [0.2, 0.25) is 0 Å². The molecule has 0 radical (unpaired) electrons. The van der Waals surface area contributed by atoms with Gasteiger partial charge in [-0.1, -0.05) is 109 Å². The van der Waals surface area contributed by atoms with Crippen molar-refractivity contribution in [2.24, 2.45) is 9.98 Å². The monoisotopic (exact) mass is 745 g/mol. The Labute approximate surface area is 320 Å². The Balaban J connectivity index is 1.44. The van der Waals surface area contributed by atoms with E-state index < -0.39 is 12.2 Å². The van der Waals surface area contributed by atoms with Gasteiger partial charge in [0.15, 0.2) is 11.7 Å². The molecular weight excluding hydrogens is 672 g/mol. The SMILES string of the molecule is CCCCCCCCCCCCCCCCC(O)C1=Nc2ccccc2C2=NC(=O)CN(CC(C)OCC(C)OCC(C)OCC(C)OCC(C)O)N21. The molecule has 0 saturated carbocycles. The Hall–Kier alpha value is -2.25. The summed E-state index contributed by atoms with van der Waals surface area (Å²) in [7, 11) is 0. The highest BCUT2D eigenvalue weighted by Crippen LogP contribution is 2.31. The van der Waals surface area contributed by atoms with Crippen molar-refractivity contribution in [3.63, 3.8) is 0 Å². The van der Waals surface area contributed by atoms with Gasteiger partial charge < -0.3 is 29.2 Å². The summed E-state index contributed by atoms with van der Waals surface area (Å²) in [6.07, 6.45) is 16.6. The molecule has 302 valence electrons. The van der Waals surface area contributed by atoms with Crippen molar-refractivity contribution >= 4 is 23.3 Å². The number of hydrazine groups is 1. The van der Waals surface area contributed by atoms with Gasteiger partial charge in [0, 0.05) is 12.1 Å². The second-order valence-electron chi connectivity index (χ2n) is 15.3. The average Bonchev–Trinajstić information content (AvgIpc) is 3.14. The number of aliphatic hydroxyl groups is 2. The van der Waals surface area contributed by atoms with Crippen molar-refractivity contribution < 1.29 is 34.0 Å². The molecule has 2 aliphatic rings. The summed E-state index contributed by atoms with van der Waals surface area (Å²) in [4.78, 5) is 22.3. The van der Waals surface area contributed by atoms with Crippen LogP contribution in [0, 0.1) is 0 Å². The normalized spacial score (nSPS) is 18.1. The minimum absolute atomic E-state index is 0.0736. The molecule has 53 heavy (non-hydrogen) atoms. The minimum Gasteiger partial charge on any atom is -0.391 e. The summed E-state index contributed by atoms with van der Waals surface area (Å²) in [6.45, 7) is 13.7. The Morgan fingerprint density at radius 2 is 1.15 bits per heavy atom. The highest BCUT2D eigenvalue weighted by molar-refractivity contribution is 6.19. The van der Waals surface area contributed by atoms with Crippen LogP contribution in [0.25, 0.3) is 0 Å². The molecule has 6 unspecified atom stereocenters. The zero-order valence-corrected chi connectivity index (χ0v) is 33.8. The van der Waals surface area contributed by atoms with Gasteiger partial charge >= 0.3 is 0 Å². The van der Waals surface area contributed by atoms with Crippen molar-refractivity contribution in [3.8, 4) is 0 Å². The fourth-order valence-electron chi connectivity index (χ4n) is 6.64. The number of aliphatic imine (C=N–C) groups is 2. The number of nitrogens with zero attached hydrogens (tertiary/aromatic N) is 4. The number of benzene rings is 1. The van der Waals surface area contributed by atoms with E-state index in [1.807, 2.05) is 62.0 Å². The second kappa shape index (κ2) is 25.8.